The van der Waals surface area contributed by atoms with Crippen LogP contribution in [0.25, 0.3) is 22.2 Å². The van der Waals surface area contributed by atoms with Gasteiger partial charge in [-0.1, -0.05) is 31.5 Å². The number of ether oxygens (including phenoxy) is 2. The molecule has 174 valence electrons. The van der Waals surface area contributed by atoms with Crippen LogP contribution >= 0.6 is 11.6 Å². The molecule has 2 fully saturated rings. The molecule has 1 heterocycles. The second-order valence-corrected chi connectivity index (χ2v) is 10.3. The van der Waals surface area contributed by atoms with Gasteiger partial charge in [0.15, 0.2) is 0 Å². The number of carbonyl (C=O) groups is 1. The Bertz CT molecular complexity index is 1150. The minimum absolute atomic E-state index is 0.178. The van der Waals surface area contributed by atoms with Gasteiger partial charge in [0.1, 0.15) is 16.8 Å². The minimum Gasteiger partial charge on any atom is -0.493 e. The molecule has 0 amide bonds. The van der Waals surface area contributed by atoms with Crippen molar-refractivity contribution in [3.8, 4) is 16.9 Å². The molecular weight excluding hydrogens is 440 g/mol. The predicted octanol–water partition coefficient (Wildman–Crippen LogP) is 6.41. The second-order valence-electron chi connectivity index (χ2n) is 9.85. The van der Waals surface area contributed by atoms with Crippen LogP contribution in [0.15, 0.2) is 35.0 Å². The summed E-state index contributed by atoms with van der Waals surface area (Å²) >= 11 is 6.86. The van der Waals surface area contributed by atoms with Gasteiger partial charge in [0.25, 0.3) is 0 Å². The zero-order chi connectivity index (χ0) is 22.9. The maximum Gasteiger partial charge on any atom is 0.313 e. The average molecular weight is 469 g/mol. The summed E-state index contributed by atoms with van der Waals surface area (Å²) in [5.74, 6) is 1.57. The first kappa shape index (κ1) is 22.2. The topological polar surface area (TPSA) is 74.5 Å². The summed E-state index contributed by atoms with van der Waals surface area (Å²) in [6, 6.07) is 9.55. The number of nitrogens with zero attached hydrogens (tertiary/aromatic N) is 2. The van der Waals surface area contributed by atoms with Crippen molar-refractivity contribution in [3.05, 3.63) is 40.9 Å². The van der Waals surface area contributed by atoms with E-state index in [0.29, 0.717) is 59.2 Å². The van der Waals surface area contributed by atoms with E-state index in [-0.39, 0.29) is 11.9 Å². The molecule has 5 rings (SSSR count). The number of hydrogen-bond acceptors (Lipinski definition) is 6. The van der Waals surface area contributed by atoms with Gasteiger partial charge in [0.05, 0.1) is 24.2 Å². The van der Waals surface area contributed by atoms with Gasteiger partial charge >= 0.3 is 5.97 Å². The second kappa shape index (κ2) is 9.34. The van der Waals surface area contributed by atoms with Crippen molar-refractivity contribution in [2.24, 2.45) is 17.8 Å². The molecule has 0 spiro atoms. The fourth-order valence-electron chi connectivity index (χ4n) is 4.05. The van der Waals surface area contributed by atoms with E-state index in [1.807, 2.05) is 30.3 Å². The third-order valence-electron chi connectivity index (χ3n) is 6.34. The van der Waals surface area contributed by atoms with Crippen molar-refractivity contribution in [1.29, 1.82) is 0 Å². The zero-order valence-corrected chi connectivity index (χ0v) is 19.8. The smallest absolute Gasteiger partial charge is 0.313 e. The van der Waals surface area contributed by atoms with E-state index in [1.165, 1.54) is 12.8 Å². The van der Waals surface area contributed by atoms with Crippen LogP contribution in [0.2, 0.25) is 5.02 Å². The Morgan fingerprint density at radius 2 is 1.79 bits per heavy atom. The van der Waals surface area contributed by atoms with Gasteiger partial charge in [0, 0.05) is 5.56 Å². The molecule has 33 heavy (non-hydrogen) atoms. The molecule has 3 aromatic rings. The van der Waals surface area contributed by atoms with Gasteiger partial charge in [-0.15, -0.1) is 0 Å². The van der Waals surface area contributed by atoms with Gasteiger partial charge in [-0.3, -0.25) is 4.79 Å². The zero-order valence-electron chi connectivity index (χ0n) is 19.1. The molecule has 0 saturated heterocycles. The number of esters is 1. The van der Waals surface area contributed by atoms with Crippen LogP contribution in [0, 0.1) is 17.8 Å². The minimum atomic E-state index is -0.374. The third kappa shape index (κ3) is 5.32. The first-order valence-electron chi connectivity index (χ1n) is 11.8. The maximum absolute atomic E-state index is 13.1. The Labute approximate surface area is 198 Å². The standard InChI is InChI=1S/C26H29ClN2O4/c1-15(2)9-20(26(30)32-14-17-5-6-17)19-10-21(27)25(24(12-19)31-13-16-3-4-16)18-7-8-22-23(11-18)29-33-28-22/h7-8,10-12,15-17,20H,3-6,9,13-14H2,1-2H3. The molecule has 1 atom stereocenters. The highest BCUT2D eigenvalue weighted by atomic mass is 35.5. The third-order valence-corrected chi connectivity index (χ3v) is 6.64. The Balaban J connectivity index is 1.51. The Kier molecular flexibility index (Phi) is 6.28. The maximum atomic E-state index is 13.1. The van der Waals surface area contributed by atoms with E-state index in [0.717, 1.165) is 29.5 Å². The van der Waals surface area contributed by atoms with E-state index in [4.69, 9.17) is 25.7 Å². The molecule has 2 saturated carbocycles. The number of carbonyl (C=O) groups excluding carboxylic acids is 1. The van der Waals surface area contributed by atoms with Gasteiger partial charge < -0.3 is 9.47 Å². The van der Waals surface area contributed by atoms with Crippen LogP contribution in [0.5, 0.6) is 5.75 Å². The number of rotatable bonds is 10. The lowest BCUT2D eigenvalue weighted by molar-refractivity contribution is -0.146. The van der Waals surface area contributed by atoms with Crippen molar-refractivity contribution >= 4 is 28.6 Å². The fourth-order valence-corrected chi connectivity index (χ4v) is 4.38. The number of aromatic nitrogens is 2. The monoisotopic (exact) mass is 468 g/mol. The van der Waals surface area contributed by atoms with Crippen LogP contribution in [0.1, 0.15) is 57.4 Å². The normalized spacial score (nSPS) is 16.8. The van der Waals surface area contributed by atoms with E-state index >= 15 is 0 Å². The molecule has 1 unspecified atom stereocenters. The van der Waals surface area contributed by atoms with E-state index in [2.05, 4.69) is 24.2 Å². The fraction of sp³-hybridized carbons (Fsp3) is 0.500. The summed E-state index contributed by atoms with van der Waals surface area (Å²) in [6.45, 7) is 5.38. The van der Waals surface area contributed by atoms with Crippen molar-refractivity contribution in [2.45, 2.75) is 51.9 Å². The van der Waals surface area contributed by atoms with Crippen LogP contribution < -0.4 is 4.74 Å². The van der Waals surface area contributed by atoms with Gasteiger partial charge in [-0.2, -0.15) is 0 Å². The lowest BCUT2D eigenvalue weighted by Crippen LogP contribution is -2.19. The molecule has 2 aromatic carbocycles. The van der Waals surface area contributed by atoms with Gasteiger partial charge in [-0.25, -0.2) is 4.63 Å². The number of fused-ring (bicyclic) bond motifs is 1. The van der Waals surface area contributed by atoms with Gasteiger partial charge in [0.2, 0.25) is 0 Å². The van der Waals surface area contributed by atoms with Crippen LogP contribution in [0.4, 0.5) is 0 Å². The molecule has 2 aliphatic carbocycles. The van der Waals surface area contributed by atoms with E-state index in [9.17, 15) is 4.79 Å². The summed E-state index contributed by atoms with van der Waals surface area (Å²) in [4.78, 5) is 13.1. The van der Waals surface area contributed by atoms with Crippen LogP contribution in [0.3, 0.4) is 0 Å². The molecule has 0 N–H and O–H groups in total. The SMILES string of the molecule is CC(C)CC(C(=O)OCC1CC1)c1cc(Cl)c(-c2ccc3nonc3c2)c(OCC2CC2)c1. The van der Waals surface area contributed by atoms with Crippen molar-refractivity contribution < 1.29 is 18.9 Å². The first-order valence-corrected chi connectivity index (χ1v) is 12.2. The highest BCUT2D eigenvalue weighted by Gasteiger charge is 2.30. The Morgan fingerprint density at radius 1 is 1.06 bits per heavy atom. The molecular formula is C26H29ClN2O4. The highest BCUT2D eigenvalue weighted by Crippen LogP contribution is 2.42. The number of hydrogen-bond donors (Lipinski definition) is 0. The average Bonchev–Trinajstić information content (AvgIpc) is 3.72. The first-order chi connectivity index (χ1) is 16.0. The summed E-state index contributed by atoms with van der Waals surface area (Å²) in [5, 5.41) is 8.38. The summed E-state index contributed by atoms with van der Waals surface area (Å²) < 4.78 is 16.8. The molecule has 0 aliphatic heterocycles. The van der Waals surface area contributed by atoms with Crippen molar-refractivity contribution in [3.63, 3.8) is 0 Å². The molecule has 6 nitrogen and oxygen atoms in total. The lowest BCUT2D eigenvalue weighted by atomic mass is 9.88. The number of halogens is 1. The molecule has 7 heteroatoms. The Hall–Kier alpha value is -2.60. The van der Waals surface area contributed by atoms with E-state index < -0.39 is 0 Å². The lowest BCUT2D eigenvalue weighted by Gasteiger charge is -2.21. The van der Waals surface area contributed by atoms with Crippen molar-refractivity contribution in [2.75, 3.05) is 13.2 Å². The number of benzene rings is 2. The summed E-state index contributed by atoms with van der Waals surface area (Å²) in [5.41, 5.74) is 3.84. The predicted molar refractivity (Wildman–Crippen MR) is 126 cm³/mol. The molecule has 1 aromatic heterocycles. The quantitative estimate of drug-likeness (QED) is 0.320. The molecule has 0 radical (unpaired) electrons. The van der Waals surface area contributed by atoms with Gasteiger partial charge in [-0.05, 0) is 95.6 Å². The molecule has 2 aliphatic rings. The highest BCUT2D eigenvalue weighted by molar-refractivity contribution is 6.34. The summed E-state index contributed by atoms with van der Waals surface area (Å²) in [6.07, 6.45) is 5.35. The summed E-state index contributed by atoms with van der Waals surface area (Å²) in [7, 11) is 0. The van der Waals surface area contributed by atoms with Crippen LogP contribution in [-0.4, -0.2) is 29.5 Å². The molecule has 0 bridgehead atoms. The van der Waals surface area contributed by atoms with Crippen molar-refractivity contribution in [1.82, 2.24) is 10.3 Å². The Morgan fingerprint density at radius 3 is 2.52 bits per heavy atom. The van der Waals surface area contributed by atoms with E-state index in [1.54, 1.807) is 0 Å². The van der Waals surface area contributed by atoms with Crippen LogP contribution in [-0.2, 0) is 9.53 Å². The largest absolute Gasteiger partial charge is 0.493 e.